The lowest BCUT2D eigenvalue weighted by atomic mass is 9.45. The molecule has 3 nitrogen and oxygen atoms in total. The minimum absolute atomic E-state index is 0.0136. The average Bonchev–Trinajstić information content (AvgIpc) is 2.86. The number of unbranched alkanes of at least 4 members (excludes halogenated alkanes) is 1. The van der Waals surface area contributed by atoms with Crippen molar-refractivity contribution in [3.05, 3.63) is 12.7 Å². The van der Waals surface area contributed by atoms with Crippen LogP contribution in [0.3, 0.4) is 0 Å². The minimum atomic E-state index is -1.98. The molecule has 0 aromatic rings. The van der Waals surface area contributed by atoms with Gasteiger partial charge in [0.15, 0.2) is 16.6 Å². The first-order valence-corrected chi connectivity index (χ1v) is 22.9. The number of fused-ring (bicyclic) bond motifs is 1. The van der Waals surface area contributed by atoms with E-state index in [1.54, 1.807) is 0 Å². The van der Waals surface area contributed by atoms with Crippen LogP contribution in [0, 0.1) is 41.4 Å². The molecule has 0 aromatic carbocycles. The van der Waals surface area contributed by atoms with E-state index < -0.39 is 22.2 Å². The molecule has 3 rings (SSSR count). The Kier molecular flexibility index (Phi) is 11.4. The van der Waals surface area contributed by atoms with Crippen LogP contribution in [-0.4, -0.2) is 39.6 Å². The van der Waals surface area contributed by atoms with Crippen molar-refractivity contribution >= 4 is 16.6 Å². The van der Waals surface area contributed by atoms with Crippen molar-refractivity contribution in [2.45, 2.75) is 173 Å². The summed E-state index contributed by atoms with van der Waals surface area (Å²) in [6, 6.07) is 0. The monoisotopic (exact) mass is 602 g/mol. The van der Waals surface area contributed by atoms with Gasteiger partial charge in [-0.2, -0.15) is 0 Å². The predicted molar refractivity (Wildman–Crippen MR) is 181 cm³/mol. The highest BCUT2D eigenvalue weighted by Crippen LogP contribution is 2.61. The molecule has 0 amide bonds. The first-order chi connectivity index (χ1) is 18.9. The van der Waals surface area contributed by atoms with E-state index in [-0.39, 0.29) is 40.0 Å². The maximum Gasteiger partial charge on any atom is 0.193 e. The third-order valence-corrected chi connectivity index (χ3v) is 21.1. The van der Waals surface area contributed by atoms with Crippen LogP contribution in [0.15, 0.2) is 12.7 Å². The molecule has 0 aliphatic heterocycles. The van der Waals surface area contributed by atoms with E-state index in [2.05, 4.69) is 93.1 Å². The van der Waals surface area contributed by atoms with Crippen molar-refractivity contribution in [3.63, 3.8) is 0 Å². The zero-order chi connectivity index (χ0) is 30.9. The summed E-state index contributed by atoms with van der Waals surface area (Å²) in [5, 5.41) is 12.1. The largest absolute Gasteiger partial charge is 0.413 e. The van der Waals surface area contributed by atoms with Crippen LogP contribution in [-0.2, 0) is 8.85 Å². The predicted octanol–water partition coefficient (Wildman–Crippen LogP) is 10.1. The molecule has 0 spiro atoms. The summed E-state index contributed by atoms with van der Waals surface area (Å²) >= 11 is 0. The maximum absolute atomic E-state index is 11.8. The van der Waals surface area contributed by atoms with Crippen LogP contribution < -0.4 is 0 Å². The van der Waals surface area contributed by atoms with Gasteiger partial charge in [-0.05, 0) is 85.6 Å². The van der Waals surface area contributed by atoms with Crippen molar-refractivity contribution in [1.29, 1.82) is 0 Å². The van der Waals surface area contributed by atoms with Crippen molar-refractivity contribution < 1.29 is 14.0 Å². The summed E-state index contributed by atoms with van der Waals surface area (Å²) in [4.78, 5) is 0. The summed E-state index contributed by atoms with van der Waals surface area (Å²) in [7, 11) is -3.96. The van der Waals surface area contributed by atoms with E-state index in [4.69, 9.17) is 8.85 Å². The zero-order valence-electron chi connectivity index (χ0n) is 28.9. The average molecular weight is 603 g/mol. The van der Waals surface area contributed by atoms with Crippen LogP contribution in [0.4, 0.5) is 0 Å². The molecule has 7 atom stereocenters. The standard InChI is InChI=1S/C36H66O3Si2/c1-13-15-21-30-33-29(32(39-41(11,12)35(6,7)8)25-24-31(33)36(30,37)14-2)23-22-28(26-27-19-17-16-18-20-27)38-40(9,10)34(3,4)5/h14,27-33,37H,2,13,15-21,24-26H2,1,3-12H3/t28-,29-,30?,31-,32+,33-,36?/m1/s1. The highest BCUT2D eigenvalue weighted by Gasteiger charge is 2.64. The molecule has 0 bridgehead atoms. The maximum atomic E-state index is 11.8. The van der Waals surface area contributed by atoms with Gasteiger partial charge in [-0.15, -0.1) is 6.58 Å². The molecule has 5 heteroatoms. The highest BCUT2D eigenvalue weighted by atomic mass is 28.4. The third kappa shape index (κ3) is 7.83. The highest BCUT2D eigenvalue weighted by molar-refractivity contribution is 6.74. The van der Waals surface area contributed by atoms with Gasteiger partial charge in [0.2, 0.25) is 0 Å². The Morgan fingerprint density at radius 2 is 1.56 bits per heavy atom. The molecule has 0 radical (unpaired) electrons. The molecule has 3 aliphatic rings. The van der Waals surface area contributed by atoms with Crippen LogP contribution in [0.1, 0.15) is 119 Å². The quantitative estimate of drug-likeness (QED) is 0.154. The topological polar surface area (TPSA) is 38.7 Å². The molecule has 0 heterocycles. The Bertz CT molecular complexity index is 927. The fourth-order valence-corrected chi connectivity index (χ4v) is 9.95. The molecule has 0 aromatic heterocycles. The SMILES string of the molecule is C=CC1(O)C(CCCC)[C@H]2[C@H](C#C[C@H](CC3CCCCC3)O[Si](C)(C)C(C)(C)C)[C@@H](O[Si](C)(C)C(C)(C)C)CC[C@H]21. The van der Waals surface area contributed by atoms with E-state index in [0.29, 0.717) is 5.92 Å². The summed E-state index contributed by atoms with van der Waals surface area (Å²) in [5.74, 6) is 9.40. The molecular weight excluding hydrogens is 537 g/mol. The van der Waals surface area contributed by atoms with Gasteiger partial charge in [0.1, 0.15) is 6.10 Å². The lowest BCUT2D eigenvalue weighted by Crippen LogP contribution is -2.67. The molecule has 3 saturated carbocycles. The van der Waals surface area contributed by atoms with Gasteiger partial charge in [0.05, 0.1) is 11.7 Å². The van der Waals surface area contributed by atoms with Crippen LogP contribution >= 0.6 is 0 Å². The molecule has 236 valence electrons. The Balaban J connectivity index is 2.00. The second-order valence-electron chi connectivity index (χ2n) is 16.9. The minimum Gasteiger partial charge on any atom is -0.413 e. The molecule has 41 heavy (non-hydrogen) atoms. The zero-order valence-corrected chi connectivity index (χ0v) is 30.9. The van der Waals surface area contributed by atoms with Gasteiger partial charge in [0, 0.05) is 5.92 Å². The molecule has 0 saturated heterocycles. The summed E-state index contributed by atoms with van der Waals surface area (Å²) in [6.07, 6.45) is 15.0. The van der Waals surface area contributed by atoms with Gasteiger partial charge in [-0.25, -0.2) is 0 Å². The van der Waals surface area contributed by atoms with Crippen LogP contribution in [0.25, 0.3) is 0 Å². The first kappa shape index (κ1) is 35.1. The Morgan fingerprint density at radius 1 is 0.951 bits per heavy atom. The van der Waals surface area contributed by atoms with Crippen LogP contribution in [0.2, 0.25) is 36.3 Å². The van der Waals surface area contributed by atoms with E-state index in [9.17, 15) is 5.11 Å². The molecule has 2 unspecified atom stereocenters. The van der Waals surface area contributed by atoms with Crippen molar-refractivity contribution in [3.8, 4) is 11.8 Å². The van der Waals surface area contributed by atoms with E-state index >= 15 is 0 Å². The summed E-state index contributed by atoms with van der Waals surface area (Å²) < 4.78 is 14.3. The normalized spacial score (nSPS) is 32.3. The van der Waals surface area contributed by atoms with E-state index in [1.165, 1.54) is 32.1 Å². The Labute approximate surface area is 257 Å². The molecule has 1 N–H and O–H groups in total. The second-order valence-corrected chi connectivity index (χ2v) is 26.5. The fourth-order valence-electron chi connectivity index (χ4n) is 7.36. The van der Waals surface area contributed by atoms with Gasteiger partial charge in [0.25, 0.3) is 0 Å². The number of hydrogen-bond acceptors (Lipinski definition) is 3. The fraction of sp³-hybridized carbons (Fsp3) is 0.889. The molecule has 3 aliphatic carbocycles. The van der Waals surface area contributed by atoms with Crippen molar-refractivity contribution in [1.82, 2.24) is 0 Å². The summed E-state index contributed by atoms with van der Waals surface area (Å²) in [5.41, 5.74) is -0.763. The lowest BCUT2D eigenvalue weighted by Gasteiger charge is -2.63. The van der Waals surface area contributed by atoms with Gasteiger partial charge in [-0.1, -0.05) is 111 Å². The molecule has 3 fully saturated rings. The lowest BCUT2D eigenvalue weighted by molar-refractivity contribution is -0.208. The second kappa shape index (κ2) is 13.3. The molecular formula is C36H66O3Si2. The van der Waals surface area contributed by atoms with Gasteiger partial charge < -0.3 is 14.0 Å². The summed E-state index contributed by atoms with van der Waals surface area (Å²) in [6.45, 7) is 29.9. The first-order valence-electron chi connectivity index (χ1n) is 17.1. The van der Waals surface area contributed by atoms with Gasteiger partial charge >= 0.3 is 0 Å². The third-order valence-electron chi connectivity index (χ3n) is 12.1. The Morgan fingerprint density at radius 3 is 2.10 bits per heavy atom. The smallest absolute Gasteiger partial charge is 0.193 e. The van der Waals surface area contributed by atoms with Gasteiger partial charge in [-0.3, -0.25) is 0 Å². The number of rotatable bonds is 10. The van der Waals surface area contributed by atoms with Crippen LogP contribution in [0.5, 0.6) is 0 Å². The van der Waals surface area contributed by atoms with Crippen molar-refractivity contribution in [2.75, 3.05) is 0 Å². The Hall–Kier alpha value is -0.386. The number of aliphatic hydroxyl groups is 1. The van der Waals surface area contributed by atoms with E-state index in [0.717, 1.165) is 44.4 Å². The van der Waals surface area contributed by atoms with E-state index in [1.807, 2.05) is 6.08 Å². The number of hydrogen-bond donors (Lipinski definition) is 1. The van der Waals surface area contributed by atoms with Crippen molar-refractivity contribution in [2.24, 2.45) is 29.6 Å².